The van der Waals surface area contributed by atoms with Crippen LogP contribution in [-0.2, 0) is 13.5 Å². The fraction of sp³-hybridized carbons (Fsp3) is 0.125. The van der Waals surface area contributed by atoms with Gasteiger partial charge in [-0.05, 0) is 10.9 Å². The Bertz CT molecular complexity index is 635. The van der Waals surface area contributed by atoms with E-state index in [9.17, 15) is 0 Å². The molecule has 84 valence electrons. The normalized spacial score (nSPS) is 10.9. The van der Waals surface area contributed by atoms with E-state index in [-0.39, 0.29) is 0 Å². The molecule has 3 aromatic rings. The maximum Gasteiger partial charge on any atom is 0.0295 e. The van der Waals surface area contributed by atoms with Crippen LogP contribution in [-0.4, -0.2) is 4.57 Å². The third-order valence-electron chi connectivity index (χ3n) is 3.24. The van der Waals surface area contributed by atoms with E-state index in [0.717, 1.165) is 6.42 Å². The summed E-state index contributed by atoms with van der Waals surface area (Å²) >= 11 is 0. The van der Waals surface area contributed by atoms with E-state index in [4.69, 9.17) is 0 Å². The molecular weight excluding hydrogens is 206 g/mol. The quantitative estimate of drug-likeness (QED) is 0.620. The minimum Gasteiger partial charge on any atom is -0.353 e. The van der Waals surface area contributed by atoms with E-state index >= 15 is 0 Å². The van der Waals surface area contributed by atoms with E-state index in [2.05, 4.69) is 72.4 Å². The summed E-state index contributed by atoms with van der Waals surface area (Å²) in [5.74, 6) is 0. The van der Waals surface area contributed by atoms with E-state index < -0.39 is 0 Å². The van der Waals surface area contributed by atoms with Gasteiger partial charge in [-0.2, -0.15) is 0 Å². The summed E-state index contributed by atoms with van der Waals surface area (Å²) < 4.78 is 2.23. The summed E-state index contributed by atoms with van der Waals surface area (Å²) in [6.45, 7) is 0. The highest BCUT2D eigenvalue weighted by Gasteiger charge is 2.06. The first-order valence-corrected chi connectivity index (χ1v) is 5.91. The third-order valence-corrected chi connectivity index (χ3v) is 3.24. The van der Waals surface area contributed by atoms with Gasteiger partial charge in [-0.25, -0.2) is 0 Å². The molecule has 0 N–H and O–H groups in total. The molecule has 0 atom stereocenters. The first kappa shape index (κ1) is 10.2. The van der Waals surface area contributed by atoms with Crippen molar-refractivity contribution in [1.29, 1.82) is 0 Å². The predicted octanol–water partition coefficient (Wildman–Crippen LogP) is 3.77. The van der Waals surface area contributed by atoms with Gasteiger partial charge in [-0.15, -0.1) is 0 Å². The zero-order valence-electron chi connectivity index (χ0n) is 9.93. The molecule has 0 fully saturated rings. The number of hydrogen-bond donors (Lipinski definition) is 0. The van der Waals surface area contributed by atoms with Crippen LogP contribution in [0.1, 0.15) is 11.3 Å². The summed E-state index contributed by atoms with van der Waals surface area (Å²) in [6, 6.07) is 19.2. The average Bonchev–Trinajstić information content (AvgIpc) is 2.68. The maximum atomic E-state index is 2.23. The first-order chi connectivity index (χ1) is 8.34. The van der Waals surface area contributed by atoms with Crippen LogP contribution in [0.15, 0.2) is 60.8 Å². The highest BCUT2D eigenvalue weighted by atomic mass is 14.9. The third kappa shape index (κ3) is 1.84. The predicted molar refractivity (Wildman–Crippen MR) is 72.2 cm³/mol. The zero-order chi connectivity index (χ0) is 11.7. The number of nitrogens with zero attached hydrogens (tertiary/aromatic N) is 1. The van der Waals surface area contributed by atoms with Crippen molar-refractivity contribution in [3.8, 4) is 0 Å². The lowest BCUT2D eigenvalue weighted by Crippen LogP contribution is -1.96. The van der Waals surface area contributed by atoms with Crippen molar-refractivity contribution in [2.24, 2.45) is 7.05 Å². The van der Waals surface area contributed by atoms with Crippen LogP contribution >= 0.6 is 0 Å². The topological polar surface area (TPSA) is 4.93 Å². The van der Waals surface area contributed by atoms with Crippen molar-refractivity contribution in [2.75, 3.05) is 0 Å². The zero-order valence-corrected chi connectivity index (χ0v) is 9.93. The van der Waals surface area contributed by atoms with Gasteiger partial charge >= 0.3 is 0 Å². The van der Waals surface area contributed by atoms with E-state index in [1.165, 1.54) is 22.0 Å². The molecule has 0 saturated heterocycles. The molecule has 0 unspecified atom stereocenters. The number of fused-ring (bicyclic) bond motifs is 1. The van der Waals surface area contributed by atoms with Crippen molar-refractivity contribution >= 4 is 10.8 Å². The Kier molecular flexibility index (Phi) is 2.45. The van der Waals surface area contributed by atoms with E-state index in [1.54, 1.807) is 0 Å². The molecule has 0 aliphatic heterocycles. The van der Waals surface area contributed by atoms with Gasteiger partial charge in [0.15, 0.2) is 0 Å². The molecule has 2 aromatic carbocycles. The number of benzene rings is 2. The number of aryl methyl sites for hydroxylation is 1. The van der Waals surface area contributed by atoms with Gasteiger partial charge in [0, 0.05) is 30.7 Å². The Balaban J connectivity index is 2.08. The number of rotatable bonds is 2. The summed E-state index contributed by atoms with van der Waals surface area (Å²) in [7, 11) is 2.12. The number of hydrogen-bond acceptors (Lipinski definition) is 0. The Morgan fingerprint density at radius 3 is 2.41 bits per heavy atom. The molecule has 0 aliphatic carbocycles. The monoisotopic (exact) mass is 221 g/mol. The van der Waals surface area contributed by atoms with E-state index in [1.807, 2.05) is 0 Å². The van der Waals surface area contributed by atoms with Gasteiger partial charge in [0.05, 0.1) is 0 Å². The van der Waals surface area contributed by atoms with Crippen molar-refractivity contribution in [2.45, 2.75) is 6.42 Å². The molecule has 0 aliphatic rings. The minimum absolute atomic E-state index is 0.991. The molecule has 17 heavy (non-hydrogen) atoms. The highest BCUT2D eigenvalue weighted by Crippen LogP contribution is 2.22. The van der Waals surface area contributed by atoms with Gasteiger partial charge in [-0.1, -0.05) is 54.6 Å². The van der Waals surface area contributed by atoms with Crippen LogP contribution < -0.4 is 0 Å². The average molecular weight is 221 g/mol. The number of aromatic nitrogens is 1. The Morgan fingerprint density at radius 1 is 0.882 bits per heavy atom. The first-order valence-electron chi connectivity index (χ1n) is 5.91. The molecule has 1 aromatic heterocycles. The fourth-order valence-corrected chi connectivity index (χ4v) is 2.36. The van der Waals surface area contributed by atoms with Gasteiger partial charge in [0.2, 0.25) is 0 Å². The second-order valence-corrected chi connectivity index (χ2v) is 4.44. The van der Waals surface area contributed by atoms with Crippen molar-refractivity contribution < 1.29 is 0 Å². The smallest absolute Gasteiger partial charge is 0.0295 e. The molecule has 1 nitrogen and oxygen atoms in total. The molecule has 0 bridgehead atoms. The summed E-state index contributed by atoms with van der Waals surface area (Å²) in [6.07, 6.45) is 3.19. The molecule has 0 saturated carbocycles. The SMILES string of the molecule is Cn1cc2ccccc2c1Cc1ccccc1. The molecule has 3 rings (SSSR count). The molecular formula is C16H15N. The molecule has 1 heterocycles. The van der Waals surface area contributed by atoms with Crippen LogP contribution in [0, 0.1) is 0 Å². The summed E-state index contributed by atoms with van der Waals surface area (Å²) in [4.78, 5) is 0. The highest BCUT2D eigenvalue weighted by molar-refractivity contribution is 5.85. The second kappa shape index (κ2) is 4.10. The van der Waals surface area contributed by atoms with Gasteiger partial charge in [0.25, 0.3) is 0 Å². The minimum atomic E-state index is 0.991. The van der Waals surface area contributed by atoms with Gasteiger partial charge in [0.1, 0.15) is 0 Å². The second-order valence-electron chi connectivity index (χ2n) is 4.44. The Hall–Kier alpha value is -2.02. The molecule has 0 spiro atoms. The molecule has 0 radical (unpaired) electrons. The summed E-state index contributed by atoms with van der Waals surface area (Å²) in [5, 5.41) is 2.68. The van der Waals surface area contributed by atoms with E-state index in [0.29, 0.717) is 0 Å². The van der Waals surface area contributed by atoms with Crippen molar-refractivity contribution in [3.05, 3.63) is 72.1 Å². The summed E-state index contributed by atoms with van der Waals surface area (Å²) in [5.41, 5.74) is 2.74. The fourth-order valence-electron chi connectivity index (χ4n) is 2.36. The van der Waals surface area contributed by atoms with Crippen molar-refractivity contribution in [3.63, 3.8) is 0 Å². The van der Waals surface area contributed by atoms with Crippen molar-refractivity contribution in [1.82, 2.24) is 4.57 Å². The van der Waals surface area contributed by atoms with Crippen LogP contribution in [0.25, 0.3) is 10.8 Å². The lowest BCUT2D eigenvalue weighted by molar-refractivity contribution is 0.858. The van der Waals surface area contributed by atoms with Crippen LogP contribution in [0.3, 0.4) is 0 Å². The lowest BCUT2D eigenvalue weighted by atomic mass is 10.1. The molecule has 1 heteroatoms. The van der Waals surface area contributed by atoms with Gasteiger partial charge in [-0.3, -0.25) is 0 Å². The lowest BCUT2D eigenvalue weighted by Gasteiger charge is -2.04. The standard InChI is InChI=1S/C16H15N/c1-17-12-14-9-5-6-10-15(14)16(17)11-13-7-3-2-4-8-13/h2-10,12H,11H2,1H3. The maximum absolute atomic E-state index is 2.23. The Labute approximate surface area is 101 Å². The Morgan fingerprint density at radius 2 is 1.59 bits per heavy atom. The molecule has 0 amide bonds. The van der Waals surface area contributed by atoms with Crippen LogP contribution in [0.5, 0.6) is 0 Å². The van der Waals surface area contributed by atoms with Crippen LogP contribution in [0.2, 0.25) is 0 Å². The van der Waals surface area contributed by atoms with Crippen LogP contribution in [0.4, 0.5) is 0 Å². The largest absolute Gasteiger partial charge is 0.353 e. The van der Waals surface area contributed by atoms with Gasteiger partial charge < -0.3 is 4.57 Å².